The number of hydrogen-bond acceptors (Lipinski definition) is 3. The maximum absolute atomic E-state index is 10.4. The largest absolute Gasteiger partial charge is 0.389 e. The summed E-state index contributed by atoms with van der Waals surface area (Å²) >= 11 is 1.72. The maximum atomic E-state index is 10.4. The van der Waals surface area contributed by atoms with Crippen molar-refractivity contribution in [3.8, 4) is 0 Å². The van der Waals surface area contributed by atoms with Crippen LogP contribution in [0.4, 0.5) is 0 Å². The van der Waals surface area contributed by atoms with E-state index in [1.807, 2.05) is 6.92 Å². The second kappa shape index (κ2) is 5.30. The Labute approximate surface area is 102 Å². The Morgan fingerprint density at radius 3 is 2.88 bits per heavy atom. The third-order valence-electron chi connectivity index (χ3n) is 3.63. The van der Waals surface area contributed by atoms with Gasteiger partial charge < -0.3 is 10.4 Å². The molecule has 1 saturated carbocycles. The monoisotopic (exact) mass is 239 g/mol. The molecule has 0 saturated heterocycles. The average Bonchev–Trinajstić information content (AvgIpc) is 2.90. The lowest BCUT2D eigenvalue weighted by Gasteiger charge is -2.30. The smallest absolute Gasteiger partial charge is 0.0771 e. The van der Waals surface area contributed by atoms with Gasteiger partial charge in [0.25, 0.3) is 0 Å². The Bertz CT molecular complexity index is 302. The van der Waals surface area contributed by atoms with Crippen molar-refractivity contribution in [3.63, 3.8) is 0 Å². The number of aliphatic hydroxyl groups is 1. The minimum Gasteiger partial charge on any atom is -0.389 e. The van der Waals surface area contributed by atoms with Gasteiger partial charge in [-0.25, -0.2) is 0 Å². The lowest BCUT2D eigenvalue weighted by molar-refractivity contribution is 0.00217. The molecule has 16 heavy (non-hydrogen) atoms. The summed E-state index contributed by atoms with van der Waals surface area (Å²) in [6.07, 6.45) is 4.94. The van der Waals surface area contributed by atoms with Gasteiger partial charge in [-0.3, -0.25) is 0 Å². The zero-order chi connectivity index (χ0) is 11.4. The SMILES string of the molecule is CC(O)(CNCc1ccsc1)C1CCCC1. The molecule has 1 aliphatic carbocycles. The highest BCUT2D eigenvalue weighted by molar-refractivity contribution is 7.07. The maximum Gasteiger partial charge on any atom is 0.0771 e. The van der Waals surface area contributed by atoms with Gasteiger partial charge in [-0.05, 0) is 48.1 Å². The molecule has 2 rings (SSSR count). The van der Waals surface area contributed by atoms with Gasteiger partial charge in [-0.1, -0.05) is 12.8 Å². The number of thiophene rings is 1. The Kier molecular flexibility index (Phi) is 4.00. The summed E-state index contributed by atoms with van der Waals surface area (Å²) in [6.45, 7) is 3.55. The van der Waals surface area contributed by atoms with Gasteiger partial charge in [0.15, 0.2) is 0 Å². The number of rotatable bonds is 5. The number of hydrogen-bond donors (Lipinski definition) is 2. The van der Waals surface area contributed by atoms with E-state index in [1.54, 1.807) is 11.3 Å². The molecule has 2 N–H and O–H groups in total. The first-order valence-corrected chi connectivity index (χ1v) is 7.07. The summed E-state index contributed by atoms with van der Waals surface area (Å²) in [5.41, 5.74) is 0.777. The van der Waals surface area contributed by atoms with E-state index in [0.717, 1.165) is 6.54 Å². The van der Waals surface area contributed by atoms with Crippen molar-refractivity contribution in [2.24, 2.45) is 5.92 Å². The molecule has 1 aromatic heterocycles. The van der Waals surface area contributed by atoms with Crippen LogP contribution in [-0.4, -0.2) is 17.3 Å². The van der Waals surface area contributed by atoms with Crippen LogP contribution < -0.4 is 5.32 Å². The summed E-state index contributed by atoms with van der Waals surface area (Å²) in [5, 5.41) is 18.0. The molecule has 0 radical (unpaired) electrons. The van der Waals surface area contributed by atoms with Crippen LogP contribution in [-0.2, 0) is 6.54 Å². The van der Waals surface area contributed by atoms with Gasteiger partial charge in [0.05, 0.1) is 5.60 Å². The van der Waals surface area contributed by atoms with Crippen molar-refractivity contribution in [2.45, 2.75) is 44.8 Å². The van der Waals surface area contributed by atoms with Crippen LogP contribution >= 0.6 is 11.3 Å². The zero-order valence-electron chi connectivity index (χ0n) is 9.91. The van der Waals surface area contributed by atoms with Crippen molar-refractivity contribution >= 4 is 11.3 Å². The van der Waals surface area contributed by atoms with Crippen LogP contribution in [0.2, 0.25) is 0 Å². The molecule has 1 heterocycles. The van der Waals surface area contributed by atoms with Gasteiger partial charge in [0, 0.05) is 13.1 Å². The molecule has 3 heteroatoms. The summed E-state index contributed by atoms with van der Waals surface area (Å²) in [5.74, 6) is 0.488. The van der Waals surface area contributed by atoms with Gasteiger partial charge in [-0.2, -0.15) is 11.3 Å². The van der Waals surface area contributed by atoms with E-state index in [1.165, 1.54) is 31.2 Å². The molecule has 0 spiro atoms. The number of nitrogens with one attached hydrogen (secondary N) is 1. The first-order chi connectivity index (χ1) is 7.68. The van der Waals surface area contributed by atoms with Gasteiger partial charge in [0.1, 0.15) is 0 Å². The van der Waals surface area contributed by atoms with Gasteiger partial charge >= 0.3 is 0 Å². The summed E-state index contributed by atoms with van der Waals surface area (Å²) in [4.78, 5) is 0. The first kappa shape index (κ1) is 12.1. The minimum atomic E-state index is -0.535. The molecule has 0 aliphatic heterocycles. The van der Waals surface area contributed by atoms with Crippen LogP contribution in [0.3, 0.4) is 0 Å². The second-order valence-electron chi connectivity index (χ2n) is 5.07. The summed E-state index contributed by atoms with van der Waals surface area (Å²) in [6, 6.07) is 2.13. The molecule has 1 atom stereocenters. The fourth-order valence-corrected chi connectivity index (χ4v) is 3.21. The predicted molar refractivity (Wildman–Crippen MR) is 68.6 cm³/mol. The van der Waals surface area contributed by atoms with Crippen molar-refractivity contribution in [3.05, 3.63) is 22.4 Å². The molecule has 1 aromatic rings. The van der Waals surface area contributed by atoms with Crippen LogP contribution in [0.25, 0.3) is 0 Å². The van der Waals surface area contributed by atoms with Crippen LogP contribution in [0, 0.1) is 5.92 Å². The molecule has 1 unspecified atom stereocenters. The Morgan fingerprint density at radius 1 is 1.50 bits per heavy atom. The van der Waals surface area contributed by atoms with Gasteiger partial charge in [0.2, 0.25) is 0 Å². The van der Waals surface area contributed by atoms with E-state index in [4.69, 9.17) is 0 Å². The van der Waals surface area contributed by atoms with Gasteiger partial charge in [-0.15, -0.1) is 0 Å². The molecule has 0 amide bonds. The third-order valence-corrected chi connectivity index (χ3v) is 4.36. The quantitative estimate of drug-likeness (QED) is 0.828. The molecular formula is C13H21NOS. The summed E-state index contributed by atoms with van der Waals surface area (Å²) < 4.78 is 0. The van der Waals surface area contributed by atoms with E-state index in [2.05, 4.69) is 22.1 Å². The van der Waals surface area contributed by atoms with E-state index in [0.29, 0.717) is 12.5 Å². The van der Waals surface area contributed by atoms with Crippen LogP contribution in [0.5, 0.6) is 0 Å². The van der Waals surface area contributed by atoms with Crippen LogP contribution in [0.1, 0.15) is 38.2 Å². The third kappa shape index (κ3) is 3.06. The van der Waals surface area contributed by atoms with E-state index < -0.39 is 5.60 Å². The Hall–Kier alpha value is -0.380. The highest BCUT2D eigenvalue weighted by Gasteiger charge is 2.33. The molecule has 1 aliphatic rings. The fourth-order valence-electron chi connectivity index (χ4n) is 2.55. The minimum absolute atomic E-state index is 0.488. The van der Waals surface area contributed by atoms with E-state index in [9.17, 15) is 5.11 Å². The van der Waals surface area contributed by atoms with Crippen LogP contribution in [0.15, 0.2) is 16.8 Å². The molecule has 0 bridgehead atoms. The molecular weight excluding hydrogens is 218 g/mol. The normalized spacial score (nSPS) is 21.1. The van der Waals surface area contributed by atoms with Crippen molar-refractivity contribution in [1.29, 1.82) is 0 Å². The zero-order valence-corrected chi connectivity index (χ0v) is 10.7. The first-order valence-electron chi connectivity index (χ1n) is 6.13. The van der Waals surface area contributed by atoms with Crippen molar-refractivity contribution in [1.82, 2.24) is 5.32 Å². The lowest BCUT2D eigenvalue weighted by atomic mass is 9.88. The molecule has 2 nitrogen and oxygen atoms in total. The summed E-state index contributed by atoms with van der Waals surface area (Å²) in [7, 11) is 0. The average molecular weight is 239 g/mol. The molecule has 1 fully saturated rings. The Balaban J connectivity index is 1.75. The van der Waals surface area contributed by atoms with E-state index >= 15 is 0 Å². The van der Waals surface area contributed by atoms with Crippen molar-refractivity contribution in [2.75, 3.05) is 6.54 Å². The standard InChI is InChI=1S/C13H21NOS/c1-13(15,12-4-2-3-5-12)10-14-8-11-6-7-16-9-11/h6-7,9,12,14-15H,2-5,8,10H2,1H3. The van der Waals surface area contributed by atoms with E-state index in [-0.39, 0.29) is 0 Å². The highest BCUT2D eigenvalue weighted by atomic mass is 32.1. The fraction of sp³-hybridized carbons (Fsp3) is 0.692. The lowest BCUT2D eigenvalue weighted by Crippen LogP contribution is -2.43. The molecule has 90 valence electrons. The second-order valence-corrected chi connectivity index (χ2v) is 5.85. The van der Waals surface area contributed by atoms with Crippen molar-refractivity contribution < 1.29 is 5.11 Å². The molecule has 0 aromatic carbocycles. The Morgan fingerprint density at radius 2 is 2.25 bits per heavy atom. The predicted octanol–water partition coefficient (Wildman–Crippen LogP) is 2.78. The highest BCUT2D eigenvalue weighted by Crippen LogP contribution is 2.33. The topological polar surface area (TPSA) is 32.3 Å².